The summed E-state index contributed by atoms with van der Waals surface area (Å²) in [5.41, 5.74) is 5.64. The van der Waals surface area contributed by atoms with Crippen molar-refractivity contribution in [1.29, 1.82) is 0 Å². The molecule has 1 heterocycles. The fourth-order valence-electron chi connectivity index (χ4n) is 1.34. The molecule has 1 amide bonds. The minimum absolute atomic E-state index is 0.0965. The molecule has 1 saturated heterocycles. The highest BCUT2D eigenvalue weighted by atomic mass is 16.3. The standard InChI is InChI=1S/C7H14N2O2/c8-6-2-1-3-9(4-6)7(11)5-10/h6,10H,1-5,8H2/t6-/m1/s1. The number of hydrogen-bond acceptors (Lipinski definition) is 3. The first-order chi connectivity index (χ1) is 5.24. The molecule has 0 aromatic rings. The second-order valence-corrected chi connectivity index (χ2v) is 2.90. The fourth-order valence-corrected chi connectivity index (χ4v) is 1.34. The summed E-state index contributed by atoms with van der Waals surface area (Å²) in [6, 6.07) is 0.0965. The summed E-state index contributed by atoms with van der Waals surface area (Å²) in [7, 11) is 0. The molecule has 0 unspecified atom stereocenters. The van der Waals surface area contributed by atoms with Crippen LogP contribution in [0.15, 0.2) is 0 Å². The van der Waals surface area contributed by atoms with Crippen molar-refractivity contribution in [3.05, 3.63) is 0 Å². The topological polar surface area (TPSA) is 66.6 Å². The number of amides is 1. The number of carbonyl (C=O) groups is 1. The summed E-state index contributed by atoms with van der Waals surface area (Å²) in [4.78, 5) is 12.6. The number of hydrogen-bond donors (Lipinski definition) is 2. The summed E-state index contributed by atoms with van der Waals surface area (Å²) in [5, 5.41) is 8.54. The van der Waals surface area contributed by atoms with Crippen molar-refractivity contribution in [2.75, 3.05) is 19.7 Å². The van der Waals surface area contributed by atoms with Crippen molar-refractivity contribution in [2.45, 2.75) is 18.9 Å². The molecule has 1 atom stereocenters. The van der Waals surface area contributed by atoms with E-state index in [-0.39, 0.29) is 11.9 Å². The van der Waals surface area contributed by atoms with Gasteiger partial charge in [-0.15, -0.1) is 0 Å². The molecule has 1 aliphatic heterocycles. The fraction of sp³-hybridized carbons (Fsp3) is 0.857. The van der Waals surface area contributed by atoms with Crippen molar-refractivity contribution in [1.82, 2.24) is 4.90 Å². The first-order valence-corrected chi connectivity index (χ1v) is 3.88. The molecule has 0 aromatic heterocycles. The number of aliphatic hydroxyl groups is 1. The van der Waals surface area contributed by atoms with Gasteiger partial charge in [-0.05, 0) is 12.8 Å². The number of carbonyl (C=O) groups excluding carboxylic acids is 1. The molecule has 0 radical (unpaired) electrons. The minimum atomic E-state index is -0.396. The van der Waals surface area contributed by atoms with Crippen molar-refractivity contribution >= 4 is 5.91 Å². The summed E-state index contributed by atoms with van der Waals surface area (Å²) >= 11 is 0. The summed E-state index contributed by atoms with van der Waals surface area (Å²) in [6.45, 7) is 0.944. The normalized spacial score (nSPS) is 25.3. The van der Waals surface area contributed by atoms with E-state index < -0.39 is 6.61 Å². The SMILES string of the molecule is N[C@@H]1CCCN(C(=O)CO)C1. The quantitative estimate of drug-likeness (QED) is 0.510. The Kier molecular flexibility index (Phi) is 2.84. The van der Waals surface area contributed by atoms with Crippen LogP contribution in [0.1, 0.15) is 12.8 Å². The zero-order valence-corrected chi connectivity index (χ0v) is 6.49. The highest BCUT2D eigenvalue weighted by Gasteiger charge is 2.19. The molecule has 0 bridgehead atoms. The molecule has 64 valence electrons. The van der Waals surface area contributed by atoms with E-state index in [0.717, 1.165) is 19.4 Å². The van der Waals surface area contributed by atoms with Crippen molar-refractivity contribution in [2.24, 2.45) is 5.73 Å². The lowest BCUT2D eigenvalue weighted by atomic mass is 10.1. The lowest BCUT2D eigenvalue weighted by Gasteiger charge is -2.30. The van der Waals surface area contributed by atoms with Crippen LogP contribution in [-0.4, -0.2) is 41.7 Å². The van der Waals surface area contributed by atoms with Crippen LogP contribution in [0.2, 0.25) is 0 Å². The molecule has 11 heavy (non-hydrogen) atoms. The van der Waals surface area contributed by atoms with E-state index in [2.05, 4.69) is 0 Å². The number of nitrogens with two attached hydrogens (primary N) is 1. The predicted octanol–water partition coefficient (Wildman–Crippen LogP) is -1.07. The van der Waals surface area contributed by atoms with E-state index >= 15 is 0 Å². The average Bonchev–Trinajstić information content (AvgIpc) is 2.03. The molecule has 0 aliphatic carbocycles. The molecule has 0 saturated carbocycles. The van der Waals surface area contributed by atoms with Crippen molar-refractivity contribution in [3.63, 3.8) is 0 Å². The highest BCUT2D eigenvalue weighted by Crippen LogP contribution is 2.07. The molecule has 1 fully saturated rings. The maximum Gasteiger partial charge on any atom is 0.248 e. The van der Waals surface area contributed by atoms with Gasteiger partial charge in [-0.1, -0.05) is 0 Å². The molecule has 1 rings (SSSR count). The Bertz CT molecular complexity index is 149. The maximum atomic E-state index is 10.9. The summed E-state index contributed by atoms with van der Waals surface area (Å²) < 4.78 is 0. The van der Waals surface area contributed by atoms with Gasteiger partial charge in [0, 0.05) is 19.1 Å². The Balaban J connectivity index is 2.39. The third kappa shape index (κ3) is 2.17. The van der Waals surface area contributed by atoms with Crippen LogP contribution in [-0.2, 0) is 4.79 Å². The smallest absolute Gasteiger partial charge is 0.248 e. The Morgan fingerprint density at radius 3 is 3.00 bits per heavy atom. The first-order valence-electron chi connectivity index (χ1n) is 3.88. The number of aliphatic hydroxyl groups excluding tert-OH is 1. The van der Waals surface area contributed by atoms with Crippen LogP contribution < -0.4 is 5.73 Å². The Morgan fingerprint density at radius 1 is 1.73 bits per heavy atom. The lowest BCUT2D eigenvalue weighted by Crippen LogP contribution is -2.46. The second kappa shape index (κ2) is 3.69. The Hall–Kier alpha value is -0.610. The van der Waals surface area contributed by atoms with Crippen LogP contribution in [0.4, 0.5) is 0 Å². The summed E-state index contributed by atoms with van der Waals surface area (Å²) in [6.07, 6.45) is 1.93. The van der Waals surface area contributed by atoms with Crippen LogP contribution in [0, 0.1) is 0 Å². The molecular weight excluding hydrogens is 144 g/mol. The average molecular weight is 158 g/mol. The van der Waals surface area contributed by atoms with E-state index in [4.69, 9.17) is 10.8 Å². The van der Waals surface area contributed by atoms with Gasteiger partial charge in [0.25, 0.3) is 0 Å². The second-order valence-electron chi connectivity index (χ2n) is 2.90. The first kappa shape index (κ1) is 8.49. The number of likely N-dealkylation sites (tertiary alicyclic amines) is 1. The van der Waals surface area contributed by atoms with Crippen molar-refractivity contribution < 1.29 is 9.90 Å². The van der Waals surface area contributed by atoms with E-state index in [0.29, 0.717) is 6.54 Å². The molecule has 4 nitrogen and oxygen atoms in total. The number of rotatable bonds is 1. The van der Waals surface area contributed by atoms with Gasteiger partial charge < -0.3 is 15.7 Å². The minimum Gasteiger partial charge on any atom is -0.387 e. The van der Waals surface area contributed by atoms with E-state index in [1.165, 1.54) is 0 Å². The highest BCUT2D eigenvalue weighted by molar-refractivity contribution is 5.77. The van der Waals surface area contributed by atoms with Gasteiger partial charge in [-0.2, -0.15) is 0 Å². The molecule has 3 N–H and O–H groups in total. The number of nitrogens with zero attached hydrogens (tertiary/aromatic N) is 1. The zero-order valence-electron chi connectivity index (χ0n) is 6.49. The van der Waals surface area contributed by atoms with Gasteiger partial charge in [-0.25, -0.2) is 0 Å². The van der Waals surface area contributed by atoms with Gasteiger partial charge in [-0.3, -0.25) is 4.79 Å². The maximum absolute atomic E-state index is 10.9. The van der Waals surface area contributed by atoms with E-state index in [1.54, 1.807) is 4.90 Å². The monoisotopic (exact) mass is 158 g/mol. The lowest BCUT2D eigenvalue weighted by molar-refractivity contribution is -0.135. The van der Waals surface area contributed by atoms with Gasteiger partial charge in [0.15, 0.2) is 0 Å². The molecule has 0 aromatic carbocycles. The van der Waals surface area contributed by atoms with Gasteiger partial charge in [0.2, 0.25) is 5.91 Å². The van der Waals surface area contributed by atoms with Crippen LogP contribution in [0.3, 0.4) is 0 Å². The molecule has 0 spiro atoms. The van der Waals surface area contributed by atoms with Crippen LogP contribution >= 0.6 is 0 Å². The zero-order chi connectivity index (χ0) is 8.27. The third-order valence-electron chi connectivity index (χ3n) is 1.95. The predicted molar refractivity (Wildman–Crippen MR) is 40.9 cm³/mol. The van der Waals surface area contributed by atoms with Crippen molar-refractivity contribution in [3.8, 4) is 0 Å². The molecule has 4 heteroatoms. The van der Waals surface area contributed by atoms with Gasteiger partial charge in [0.05, 0.1) is 0 Å². The van der Waals surface area contributed by atoms with E-state index in [9.17, 15) is 4.79 Å². The van der Waals surface area contributed by atoms with Gasteiger partial charge >= 0.3 is 0 Å². The van der Waals surface area contributed by atoms with Crippen LogP contribution in [0.5, 0.6) is 0 Å². The molecular formula is C7H14N2O2. The summed E-state index contributed by atoms with van der Waals surface area (Å²) in [5.74, 6) is -0.208. The van der Waals surface area contributed by atoms with Crippen LogP contribution in [0.25, 0.3) is 0 Å². The number of piperidine rings is 1. The third-order valence-corrected chi connectivity index (χ3v) is 1.95. The Labute approximate surface area is 66.0 Å². The van der Waals surface area contributed by atoms with E-state index in [1.807, 2.05) is 0 Å². The van der Waals surface area contributed by atoms with Gasteiger partial charge in [0.1, 0.15) is 6.61 Å². The largest absolute Gasteiger partial charge is 0.387 e. The Morgan fingerprint density at radius 2 is 2.45 bits per heavy atom. The molecule has 1 aliphatic rings.